The molecule has 1 rings (SSSR count). The average Bonchev–Trinajstić information content (AvgIpc) is 2.26. The van der Waals surface area contributed by atoms with E-state index in [4.69, 9.17) is 9.47 Å². The number of halogens is 1. The van der Waals surface area contributed by atoms with Crippen molar-refractivity contribution in [2.45, 2.75) is 6.92 Å². The number of hydrogen-bond donors (Lipinski definition) is 0. The van der Waals surface area contributed by atoms with E-state index >= 15 is 0 Å². The van der Waals surface area contributed by atoms with Crippen LogP contribution in [0, 0.1) is 0 Å². The molecule has 16 heavy (non-hydrogen) atoms. The maximum atomic E-state index is 10.5. The number of para-hydroxylation sites is 1. The Kier molecular flexibility index (Phi) is 5.92. The van der Waals surface area contributed by atoms with Crippen LogP contribution in [-0.2, 0) is 9.53 Å². The van der Waals surface area contributed by atoms with E-state index in [1.807, 2.05) is 34.4 Å². The fourth-order valence-corrected chi connectivity index (χ4v) is 1.54. The average molecular weight is 332 g/mol. The lowest BCUT2D eigenvalue weighted by molar-refractivity contribution is -0.141. The second-order valence-corrected chi connectivity index (χ2v) is 3.74. The number of benzene rings is 1. The van der Waals surface area contributed by atoms with Crippen LogP contribution < -0.4 is 4.74 Å². The molecule has 0 bridgehead atoms. The Morgan fingerprint density at radius 3 is 2.81 bits per heavy atom. The Hall–Kier alpha value is -1.04. The van der Waals surface area contributed by atoms with E-state index in [0.29, 0.717) is 6.61 Å². The molecule has 0 unspecified atom stereocenters. The SMILES string of the molecule is CC(=O)OCCOc1ccccc1/C=C/I. The van der Waals surface area contributed by atoms with Gasteiger partial charge in [0.2, 0.25) is 0 Å². The Balaban J connectivity index is 2.49. The summed E-state index contributed by atoms with van der Waals surface area (Å²) in [7, 11) is 0. The molecule has 0 atom stereocenters. The molecular formula is C12H13IO3. The summed E-state index contributed by atoms with van der Waals surface area (Å²) in [4.78, 5) is 10.5. The van der Waals surface area contributed by atoms with E-state index in [1.165, 1.54) is 6.92 Å². The standard InChI is InChI=1S/C12H13IO3/c1-10(14)15-8-9-16-12-5-3-2-4-11(12)6-7-13/h2-7H,8-9H2,1H3/b7-6+. The predicted octanol–water partition coefficient (Wildman–Crippen LogP) is 3.03. The van der Waals surface area contributed by atoms with Gasteiger partial charge in [-0.05, 0) is 16.2 Å². The molecule has 0 aromatic heterocycles. The number of rotatable bonds is 5. The van der Waals surface area contributed by atoms with Crippen LogP contribution in [0.25, 0.3) is 6.08 Å². The minimum absolute atomic E-state index is 0.275. The first kappa shape index (κ1) is 13.0. The molecular weight excluding hydrogens is 319 g/mol. The van der Waals surface area contributed by atoms with Crippen LogP contribution >= 0.6 is 22.6 Å². The lowest BCUT2D eigenvalue weighted by atomic mass is 10.2. The summed E-state index contributed by atoms with van der Waals surface area (Å²) in [6.45, 7) is 2.02. The fourth-order valence-electron chi connectivity index (χ4n) is 1.15. The second-order valence-electron chi connectivity index (χ2n) is 3.02. The van der Waals surface area contributed by atoms with E-state index in [9.17, 15) is 4.79 Å². The summed E-state index contributed by atoms with van der Waals surface area (Å²) >= 11 is 2.16. The van der Waals surface area contributed by atoms with Crippen LogP contribution in [0.4, 0.5) is 0 Å². The molecule has 0 aliphatic heterocycles. The second kappa shape index (κ2) is 7.27. The van der Waals surface area contributed by atoms with Crippen molar-refractivity contribution in [2.75, 3.05) is 13.2 Å². The van der Waals surface area contributed by atoms with Gasteiger partial charge in [0.15, 0.2) is 0 Å². The van der Waals surface area contributed by atoms with Crippen molar-refractivity contribution in [1.82, 2.24) is 0 Å². The normalized spacial score (nSPS) is 10.4. The molecule has 86 valence electrons. The molecule has 0 heterocycles. The molecule has 0 N–H and O–H groups in total. The third kappa shape index (κ3) is 4.65. The summed E-state index contributed by atoms with van der Waals surface area (Å²) in [6.07, 6.45) is 1.96. The number of ether oxygens (including phenoxy) is 2. The highest BCUT2D eigenvalue weighted by molar-refractivity contribution is 14.1. The zero-order chi connectivity index (χ0) is 11.8. The molecule has 0 spiro atoms. The van der Waals surface area contributed by atoms with Crippen molar-refractivity contribution in [1.29, 1.82) is 0 Å². The third-order valence-electron chi connectivity index (χ3n) is 1.81. The maximum Gasteiger partial charge on any atom is 0.302 e. The van der Waals surface area contributed by atoms with Gasteiger partial charge in [0.05, 0.1) is 0 Å². The van der Waals surface area contributed by atoms with E-state index in [1.54, 1.807) is 0 Å². The Labute approximate surface area is 109 Å². The largest absolute Gasteiger partial charge is 0.489 e. The van der Waals surface area contributed by atoms with Crippen LogP contribution in [0.15, 0.2) is 28.3 Å². The summed E-state index contributed by atoms with van der Waals surface area (Å²) in [5.41, 5.74) is 1.01. The van der Waals surface area contributed by atoms with E-state index in [-0.39, 0.29) is 12.6 Å². The summed E-state index contributed by atoms with van der Waals surface area (Å²) in [6, 6.07) is 7.71. The van der Waals surface area contributed by atoms with Crippen LogP contribution in [0.2, 0.25) is 0 Å². The van der Waals surface area contributed by atoms with Crippen molar-refractivity contribution >= 4 is 34.6 Å². The van der Waals surface area contributed by atoms with Gasteiger partial charge in [-0.15, -0.1) is 0 Å². The molecule has 0 aliphatic carbocycles. The topological polar surface area (TPSA) is 35.5 Å². The first-order valence-electron chi connectivity index (χ1n) is 4.86. The maximum absolute atomic E-state index is 10.5. The molecule has 0 aliphatic rings. The van der Waals surface area contributed by atoms with Crippen molar-refractivity contribution in [3.8, 4) is 5.75 Å². The Morgan fingerprint density at radius 1 is 1.38 bits per heavy atom. The zero-order valence-corrected chi connectivity index (χ0v) is 11.1. The van der Waals surface area contributed by atoms with Crippen LogP contribution in [0.3, 0.4) is 0 Å². The highest BCUT2D eigenvalue weighted by Gasteiger charge is 1.99. The molecule has 0 saturated carbocycles. The smallest absolute Gasteiger partial charge is 0.302 e. The van der Waals surface area contributed by atoms with Gasteiger partial charge < -0.3 is 9.47 Å². The third-order valence-corrected chi connectivity index (χ3v) is 2.17. The van der Waals surface area contributed by atoms with Crippen molar-refractivity contribution in [2.24, 2.45) is 0 Å². The molecule has 0 amide bonds. The summed E-state index contributed by atoms with van der Waals surface area (Å²) < 4.78 is 12.2. The van der Waals surface area contributed by atoms with Crippen LogP contribution in [0.1, 0.15) is 12.5 Å². The van der Waals surface area contributed by atoms with Gasteiger partial charge in [0, 0.05) is 12.5 Å². The van der Waals surface area contributed by atoms with Gasteiger partial charge >= 0.3 is 5.97 Å². The summed E-state index contributed by atoms with van der Waals surface area (Å²) in [5, 5.41) is 0. The van der Waals surface area contributed by atoms with E-state index in [0.717, 1.165) is 11.3 Å². The van der Waals surface area contributed by atoms with Gasteiger partial charge in [0.25, 0.3) is 0 Å². The predicted molar refractivity (Wildman–Crippen MR) is 71.6 cm³/mol. The first-order chi connectivity index (χ1) is 7.74. The minimum Gasteiger partial charge on any atom is -0.489 e. The monoisotopic (exact) mass is 332 g/mol. The molecule has 0 saturated heterocycles. The van der Waals surface area contributed by atoms with Crippen LogP contribution in [-0.4, -0.2) is 19.2 Å². The van der Waals surface area contributed by atoms with Gasteiger partial charge in [-0.2, -0.15) is 0 Å². The summed E-state index contributed by atoms with van der Waals surface area (Å²) in [5.74, 6) is 0.506. The number of carbonyl (C=O) groups is 1. The van der Waals surface area contributed by atoms with Crippen molar-refractivity contribution < 1.29 is 14.3 Å². The molecule has 0 radical (unpaired) electrons. The minimum atomic E-state index is -0.288. The molecule has 4 heteroatoms. The van der Waals surface area contributed by atoms with Crippen molar-refractivity contribution in [3.05, 3.63) is 33.9 Å². The number of hydrogen-bond acceptors (Lipinski definition) is 3. The van der Waals surface area contributed by atoms with E-state index in [2.05, 4.69) is 22.6 Å². The quantitative estimate of drug-likeness (QED) is 0.472. The van der Waals surface area contributed by atoms with Crippen LogP contribution in [0.5, 0.6) is 5.75 Å². The van der Waals surface area contributed by atoms with Gasteiger partial charge in [-0.3, -0.25) is 4.79 Å². The Morgan fingerprint density at radius 2 is 2.12 bits per heavy atom. The number of esters is 1. The van der Waals surface area contributed by atoms with Crippen molar-refractivity contribution in [3.63, 3.8) is 0 Å². The molecule has 1 aromatic rings. The lowest BCUT2D eigenvalue weighted by Crippen LogP contribution is -2.09. The first-order valence-corrected chi connectivity index (χ1v) is 6.10. The molecule has 3 nitrogen and oxygen atoms in total. The number of carbonyl (C=O) groups excluding carboxylic acids is 1. The molecule has 1 aromatic carbocycles. The zero-order valence-electron chi connectivity index (χ0n) is 8.98. The van der Waals surface area contributed by atoms with E-state index < -0.39 is 0 Å². The highest BCUT2D eigenvalue weighted by Crippen LogP contribution is 2.19. The molecule has 0 fully saturated rings. The lowest BCUT2D eigenvalue weighted by Gasteiger charge is -2.08. The fraction of sp³-hybridized carbons (Fsp3) is 0.250. The van der Waals surface area contributed by atoms with Gasteiger partial charge in [-0.1, -0.05) is 40.8 Å². The van der Waals surface area contributed by atoms with Gasteiger partial charge in [-0.25, -0.2) is 0 Å². The highest BCUT2D eigenvalue weighted by atomic mass is 127. The Bertz CT molecular complexity index is 374. The van der Waals surface area contributed by atoms with Gasteiger partial charge in [0.1, 0.15) is 19.0 Å².